The number of ether oxygens (including phenoxy) is 2. The third-order valence-electron chi connectivity index (χ3n) is 4.40. The molecule has 0 spiro atoms. The van der Waals surface area contributed by atoms with Gasteiger partial charge in [0.05, 0.1) is 19.3 Å². The van der Waals surface area contributed by atoms with Crippen LogP contribution in [-0.4, -0.2) is 36.4 Å². The van der Waals surface area contributed by atoms with Gasteiger partial charge in [0.2, 0.25) is 0 Å². The summed E-state index contributed by atoms with van der Waals surface area (Å²) >= 11 is 0. The molecule has 0 bridgehead atoms. The van der Waals surface area contributed by atoms with Crippen molar-refractivity contribution in [2.75, 3.05) is 13.2 Å². The number of hydrogen-bond acceptors (Lipinski definition) is 4. The highest BCUT2D eigenvalue weighted by molar-refractivity contribution is 5.95. The topological polar surface area (TPSA) is 67.8 Å². The van der Waals surface area contributed by atoms with E-state index < -0.39 is 0 Å². The molecule has 0 aromatic heterocycles. The first-order valence-electron chi connectivity index (χ1n) is 8.48. The molecule has 1 amide bonds. The van der Waals surface area contributed by atoms with Gasteiger partial charge in [-0.05, 0) is 42.7 Å². The fourth-order valence-electron chi connectivity index (χ4n) is 2.92. The van der Waals surface area contributed by atoms with Gasteiger partial charge in [0.25, 0.3) is 5.91 Å². The number of hydrogen-bond donors (Lipinski definition) is 2. The number of carbonyl (C=O) groups excluding carboxylic acids is 1. The van der Waals surface area contributed by atoms with Crippen molar-refractivity contribution in [3.8, 4) is 5.75 Å². The summed E-state index contributed by atoms with van der Waals surface area (Å²) in [5.74, 6) is 0.608. The Labute approximate surface area is 147 Å². The molecule has 2 aromatic carbocycles. The fraction of sp³-hybridized carbons (Fsp3) is 0.350. The number of amides is 1. The molecule has 5 nitrogen and oxygen atoms in total. The lowest BCUT2D eigenvalue weighted by Gasteiger charge is -2.32. The number of aryl methyl sites for hydroxylation is 1. The van der Waals surface area contributed by atoms with Crippen LogP contribution in [-0.2, 0) is 11.3 Å². The van der Waals surface area contributed by atoms with Gasteiger partial charge in [0.1, 0.15) is 11.9 Å². The lowest BCUT2D eigenvalue weighted by molar-refractivity contribution is -0.0135. The molecule has 1 heterocycles. The highest BCUT2D eigenvalue weighted by Crippen LogP contribution is 2.19. The molecule has 0 radical (unpaired) electrons. The second-order valence-corrected chi connectivity index (χ2v) is 6.22. The molecule has 0 aliphatic carbocycles. The Kier molecular flexibility index (Phi) is 5.68. The summed E-state index contributed by atoms with van der Waals surface area (Å²) in [6.45, 7) is 2.96. The molecule has 0 saturated carbocycles. The Morgan fingerprint density at radius 1 is 1.24 bits per heavy atom. The van der Waals surface area contributed by atoms with Crippen LogP contribution in [0.1, 0.15) is 27.9 Å². The van der Waals surface area contributed by atoms with Gasteiger partial charge in [-0.2, -0.15) is 0 Å². The summed E-state index contributed by atoms with van der Waals surface area (Å²) in [6.07, 6.45) is 0.457. The van der Waals surface area contributed by atoms with Gasteiger partial charge in [0.15, 0.2) is 0 Å². The van der Waals surface area contributed by atoms with Crippen molar-refractivity contribution in [2.24, 2.45) is 0 Å². The van der Waals surface area contributed by atoms with E-state index in [1.54, 1.807) is 0 Å². The molecule has 5 heteroatoms. The Bertz CT molecular complexity index is 714. The van der Waals surface area contributed by atoms with Crippen LogP contribution in [0.5, 0.6) is 5.75 Å². The zero-order valence-corrected chi connectivity index (χ0v) is 14.3. The fourth-order valence-corrected chi connectivity index (χ4v) is 2.92. The highest BCUT2D eigenvalue weighted by atomic mass is 16.5. The smallest absolute Gasteiger partial charge is 0.251 e. The largest absolute Gasteiger partial charge is 0.486 e. The van der Waals surface area contributed by atoms with E-state index >= 15 is 0 Å². The predicted octanol–water partition coefficient (Wildman–Crippen LogP) is 2.45. The summed E-state index contributed by atoms with van der Waals surface area (Å²) in [5, 5.41) is 12.2. The van der Waals surface area contributed by atoms with Crippen LogP contribution in [0.4, 0.5) is 0 Å². The molecular formula is C20H23NO4. The van der Waals surface area contributed by atoms with Crippen molar-refractivity contribution in [1.29, 1.82) is 0 Å². The number of aliphatic hydroxyl groups is 1. The number of nitrogens with one attached hydrogen (secondary N) is 1. The van der Waals surface area contributed by atoms with Gasteiger partial charge >= 0.3 is 0 Å². The monoisotopic (exact) mass is 341 g/mol. The average Bonchev–Trinajstić information content (AvgIpc) is 2.64. The molecule has 25 heavy (non-hydrogen) atoms. The maximum Gasteiger partial charge on any atom is 0.251 e. The summed E-state index contributed by atoms with van der Waals surface area (Å²) in [6, 6.07) is 14.7. The zero-order chi connectivity index (χ0) is 17.6. The molecule has 132 valence electrons. The normalized spacial score (nSPS) is 20.1. The summed E-state index contributed by atoms with van der Waals surface area (Å²) in [4.78, 5) is 12.6. The number of benzene rings is 2. The van der Waals surface area contributed by atoms with E-state index in [2.05, 4.69) is 5.32 Å². The second kappa shape index (κ2) is 8.14. The van der Waals surface area contributed by atoms with Gasteiger partial charge in [-0.3, -0.25) is 4.79 Å². The summed E-state index contributed by atoms with van der Waals surface area (Å²) in [7, 11) is 0. The first kappa shape index (κ1) is 17.5. The van der Waals surface area contributed by atoms with Crippen molar-refractivity contribution in [1.82, 2.24) is 5.32 Å². The SMILES string of the molecule is Cc1ccccc1C(=O)N[C@@H]1CCOC[C@H]1Oc1ccc(CO)cc1. The van der Waals surface area contributed by atoms with E-state index in [0.717, 1.165) is 11.1 Å². The van der Waals surface area contributed by atoms with E-state index in [-0.39, 0.29) is 24.7 Å². The van der Waals surface area contributed by atoms with Crippen molar-refractivity contribution in [3.05, 3.63) is 65.2 Å². The first-order valence-corrected chi connectivity index (χ1v) is 8.48. The van der Waals surface area contributed by atoms with E-state index in [1.807, 2.05) is 55.5 Å². The van der Waals surface area contributed by atoms with Crippen LogP contribution in [0, 0.1) is 6.92 Å². The lowest BCUT2D eigenvalue weighted by Crippen LogP contribution is -2.51. The van der Waals surface area contributed by atoms with Crippen LogP contribution in [0.25, 0.3) is 0 Å². The minimum atomic E-state index is -0.248. The van der Waals surface area contributed by atoms with Gasteiger partial charge in [-0.1, -0.05) is 30.3 Å². The van der Waals surface area contributed by atoms with Crippen LogP contribution < -0.4 is 10.1 Å². The van der Waals surface area contributed by atoms with Crippen LogP contribution in [0.15, 0.2) is 48.5 Å². The van der Waals surface area contributed by atoms with Crippen LogP contribution in [0.2, 0.25) is 0 Å². The third-order valence-corrected chi connectivity index (χ3v) is 4.40. The molecule has 2 aromatic rings. The quantitative estimate of drug-likeness (QED) is 0.877. The van der Waals surface area contributed by atoms with E-state index in [1.165, 1.54) is 0 Å². The Hall–Kier alpha value is -2.37. The second-order valence-electron chi connectivity index (χ2n) is 6.22. The molecule has 0 unspecified atom stereocenters. The van der Waals surface area contributed by atoms with Gasteiger partial charge < -0.3 is 19.9 Å². The van der Waals surface area contributed by atoms with E-state index in [4.69, 9.17) is 14.6 Å². The molecule has 2 atom stereocenters. The van der Waals surface area contributed by atoms with Gasteiger partial charge in [0, 0.05) is 12.2 Å². The number of carbonyl (C=O) groups is 1. The Morgan fingerprint density at radius 3 is 2.72 bits per heavy atom. The van der Waals surface area contributed by atoms with Crippen molar-refractivity contribution in [3.63, 3.8) is 0 Å². The molecule has 1 fully saturated rings. The molecular weight excluding hydrogens is 318 g/mol. The molecule has 2 N–H and O–H groups in total. The minimum Gasteiger partial charge on any atom is -0.486 e. The number of aliphatic hydroxyl groups excluding tert-OH is 1. The average molecular weight is 341 g/mol. The van der Waals surface area contributed by atoms with Crippen molar-refractivity contribution >= 4 is 5.91 Å². The number of rotatable bonds is 5. The zero-order valence-electron chi connectivity index (χ0n) is 14.3. The summed E-state index contributed by atoms with van der Waals surface area (Å²) in [5.41, 5.74) is 2.46. The standard InChI is InChI=1S/C20H23NO4/c1-14-4-2-3-5-17(14)20(23)21-18-10-11-24-13-19(18)25-16-8-6-15(12-22)7-9-16/h2-9,18-19,22H,10-13H2,1H3,(H,21,23)/t18-,19-/m1/s1. The highest BCUT2D eigenvalue weighted by Gasteiger charge is 2.29. The van der Waals surface area contributed by atoms with E-state index in [0.29, 0.717) is 30.9 Å². The molecule has 1 aliphatic heterocycles. The Morgan fingerprint density at radius 2 is 2.00 bits per heavy atom. The maximum absolute atomic E-state index is 12.6. The maximum atomic E-state index is 12.6. The minimum absolute atomic E-state index is 0.00191. The van der Waals surface area contributed by atoms with Crippen LogP contribution >= 0.6 is 0 Å². The van der Waals surface area contributed by atoms with Crippen molar-refractivity contribution in [2.45, 2.75) is 32.1 Å². The van der Waals surface area contributed by atoms with Gasteiger partial charge in [-0.25, -0.2) is 0 Å². The molecule has 3 rings (SSSR count). The summed E-state index contributed by atoms with van der Waals surface area (Å²) < 4.78 is 11.5. The van der Waals surface area contributed by atoms with Gasteiger partial charge in [-0.15, -0.1) is 0 Å². The third kappa shape index (κ3) is 4.38. The molecule has 1 aliphatic rings. The lowest BCUT2D eigenvalue weighted by atomic mass is 10.0. The predicted molar refractivity (Wildman–Crippen MR) is 94.7 cm³/mol. The first-order chi connectivity index (χ1) is 12.2. The van der Waals surface area contributed by atoms with Crippen LogP contribution in [0.3, 0.4) is 0 Å². The molecule has 1 saturated heterocycles. The van der Waals surface area contributed by atoms with E-state index in [9.17, 15) is 4.79 Å². The van der Waals surface area contributed by atoms with Crippen molar-refractivity contribution < 1.29 is 19.4 Å². The Balaban J connectivity index is 1.68.